The number of hydrogen-bond donors (Lipinski definition) is 1. The second-order valence-corrected chi connectivity index (χ2v) is 4.91. The maximum Gasteiger partial charge on any atom is 0.129 e. The Bertz CT molecular complexity index is 326. The first-order valence-electron chi connectivity index (χ1n) is 5.78. The third-order valence-corrected chi connectivity index (χ3v) is 3.27. The third kappa shape index (κ3) is 3.35. The molecule has 3 nitrogen and oxygen atoms in total. The van der Waals surface area contributed by atoms with Crippen molar-refractivity contribution >= 4 is 17.3 Å². The molecule has 1 N–H and O–H groups in total. The van der Waals surface area contributed by atoms with Crippen molar-refractivity contribution in [2.45, 2.75) is 12.8 Å². The van der Waals surface area contributed by atoms with Crippen LogP contribution in [0.25, 0.3) is 0 Å². The SMILES string of the molecule is CN1CCCC(CNc2ccc(Cl)nc2)C1. The maximum absolute atomic E-state index is 5.73. The molecule has 1 atom stereocenters. The van der Waals surface area contributed by atoms with E-state index in [0.29, 0.717) is 5.15 Å². The van der Waals surface area contributed by atoms with Crippen molar-refractivity contribution in [3.63, 3.8) is 0 Å². The first-order chi connectivity index (χ1) is 7.74. The Kier molecular flexibility index (Phi) is 4.02. The van der Waals surface area contributed by atoms with Crippen LogP contribution in [0.1, 0.15) is 12.8 Å². The van der Waals surface area contributed by atoms with Gasteiger partial charge in [-0.15, -0.1) is 0 Å². The molecule has 0 aromatic carbocycles. The number of hydrogen-bond acceptors (Lipinski definition) is 3. The molecule has 1 fully saturated rings. The molecule has 88 valence electrons. The summed E-state index contributed by atoms with van der Waals surface area (Å²) in [5.41, 5.74) is 1.05. The second-order valence-electron chi connectivity index (χ2n) is 4.52. The number of likely N-dealkylation sites (tertiary alicyclic amines) is 1. The minimum absolute atomic E-state index is 0.544. The van der Waals surface area contributed by atoms with E-state index in [2.05, 4.69) is 22.2 Å². The van der Waals surface area contributed by atoms with Crippen LogP contribution in [-0.4, -0.2) is 36.6 Å². The molecule has 2 heterocycles. The van der Waals surface area contributed by atoms with E-state index in [-0.39, 0.29) is 0 Å². The van der Waals surface area contributed by atoms with Crippen molar-refractivity contribution in [1.29, 1.82) is 0 Å². The minimum atomic E-state index is 0.544. The summed E-state index contributed by atoms with van der Waals surface area (Å²) < 4.78 is 0. The Balaban J connectivity index is 1.80. The number of rotatable bonds is 3. The van der Waals surface area contributed by atoms with E-state index in [1.165, 1.54) is 25.9 Å². The molecule has 16 heavy (non-hydrogen) atoms. The van der Waals surface area contributed by atoms with Gasteiger partial charge in [-0.2, -0.15) is 0 Å². The van der Waals surface area contributed by atoms with Crippen LogP contribution in [0.4, 0.5) is 5.69 Å². The lowest BCUT2D eigenvalue weighted by Gasteiger charge is -2.29. The number of anilines is 1. The van der Waals surface area contributed by atoms with Crippen molar-refractivity contribution in [1.82, 2.24) is 9.88 Å². The van der Waals surface area contributed by atoms with Crippen LogP contribution in [-0.2, 0) is 0 Å². The fraction of sp³-hybridized carbons (Fsp3) is 0.583. The number of halogens is 1. The molecule has 1 aromatic heterocycles. The summed E-state index contributed by atoms with van der Waals surface area (Å²) in [6.07, 6.45) is 4.41. The van der Waals surface area contributed by atoms with Gasteiger partial charge in [0.2, 0.25) is 0 Å². The fourth-order valence-corrected chi connectivity index (χ4v) is 2.29. The Hall–Kier alpha value is -0.800. The van der Waals surface area contributed by atoms with Crippen LogP contribution in [0.5, 0.6) is 0 Å². The third-order valence-electron chi connectivity index (χ3n) is 3.04. The van der Waals surface area contributed by atoms with Crippen LogP contribution in [0.2, 0.25) is 5.15 Å². The lowest BCUT2D eigenvalue weighted by Crippen LogP contribution is -2.35. The van der Waals surface area contributed by atoms with Gasteiger partial charge in [0.05, 0.1) is 11.9 Å². The first-order valence-corrected chi connectivity index (χ1v) is 6.16. The lowest BCUT2D eigenvalue weighted by molar-refractivity contribution is 0.217. The van der Waals surface area contributed by atoms with Gasteiger partial charge < -0.3 is 10.2 Å². The molecular weight excluding hydrogens is 222 g/mol. The smallest absolute Gasteiger partial charge is 0.129 e. The van der Waals surface area contributed by atoms with E-state index in [1.807, 2.05) is 12.1 Å². The van der Waals surface area contributed by atoms with E-state index < -0.39 is 0 Å². The molecule has 4 heteroatoms. The Labute approximate surface area is 102 Å². The van der Waals surface area contributed by atoms with Gasteiger partial charge in [-0.1, -0.05) is 11.6 Å². The Morgan fingerprint density at radius 3 is 3.12 bits per heavy atom. The van der Waals surface area contributed by atoms with Gasteiger partial charge in [0.25, 0.3) is 0 Å². The first kappa shape index (κ1) is 11.7. The molecule has 1 aliphatic rings. The van der Waals surface area contributed by atoms with Gasteiger partial charge >= 0.3 is 0 Å². The summed E-state index contributed by atoms with van der Waals surface area (Å²) in [6.45, 7) is 3.45. The lowest BCUT2D eigenvalue weighted by atomic mass is 9.98. The summed E-state index contributed by atoms with van der Waals surface area (Å²) in [6, 6.07) is 3.79. The largest absolute Gasteiger partial charge is 0.383 e. The molecule has 1 saturated heterocycles. The predicted octanol–water partition coefficient (Wildman–Crippen LogP) is 2.49. The average Bonchev–Trinajstić information content (AvgIpc) is 2.28. The van der Waals surface area contributed by atoms with Gasteiger partial charge in [0, 0.05) is 13.1 Å². The zero-order chi connectivity index (χ0) is 11.4. The monoisotopic (exact) mass is 239 g/mol. The molecule has 2 rings (SSSR count). The van der Waals surface area contributed by atoms with Gasteiger partial charge in [-0.05, 0) is 44.5 Å². The van der Waals surface area contributed by atoms with Crippen molar-refractivity contribution < 1.29 is 0 Å². The second kappa shape index (κ2) is 5.51. The van der Waals surface area contributed by atoms with Crippen LogP contribution in [0.3, 0.4) is 0 Å². The van der Waals surface area contributed by atoms with E-state index in [1.54, 1.807) is 6.20 Å². The van der Waals surface area contributed by atoms with Crippen LogP contribution in [0, 0.1) is 5.92 Å². The van der Waals surface area contributed by atoms with Gasteiger partial charge in [0.15, 0.2) is 0 Å². The molecule has 0 radical (unpaired) electrons. The van der Waals surface area contributed by atoms with E-state index in [0.717, 1.165) is 18.2 Å². The van der Waals surface area contributed by atoms with Crippen LogP contribution >= 0.6 is 11.6 Å². The molecule has 0 saturated carbocycles. The highest BCUT2D eigenvalue weighted by atomic mass is 35.5. The van der Waals surface area contributed by atoms with Crippen molar-refractivity contribution in [2.75, 3.05) is 32.0 Å². The molecule has 0 spiro atoms. The number of nitrogens with one attached hydrogen (secondary N) is 1. The summed E-state index contributed by atoms with van der Waals surface area (Å²) >= 11 is 5.73. The van der Waals surface area contributed by atoms with Crippen molar-refractivity contribution in [2.24, 2.45) is 5.92 Å². The van der Waals surface area contributed by atoms with Crippen LogP contribution in [0.15, 0.2) is 18.3 Å². The molecule has 0 bridgehead atoms. The average molecular weight is 240 g/mol. The number of aromatic nitrogens is 1. The Morgan fingerprint density at radius 2 is 2.44 bits per heavy atom. The molecule has 1 aliphatic heterocycles. The molecule has 1 unspecified atom stereocenters. The summed E-state index contributed by atoms with van der Waals surface area (Å²) in [5, 5.41) is 3.96. The van der Waals surface area contributed by atoms with E-state index in [4.69, 9.17) is 11.6 Å². The fourth-order valence-electron chi connectivity index (χ4n) is 2.18. The topological polar surface area (TPSA) is 28.2 Å². The highest BCUT2D eigenvalue weighted by Gasteiger charge is 2.16. The zero-order valence-corrected chi connectivity index (χ0v) is 10.4. The number of piperidine rings is 1. The normalized spacial score (nSPS) is 22.0. The van der Waals surface area contributed by atoms with Gasteiger partial charge in [-0.3, -0.25) is 0 Å². The highest BCUT2D eigenvalue weighted by molar-refractivity contribution is 6.29. The minimum Gasteiger partial charge on any atom is -0.383 e. The maximum atomic E-state index is 5.73. The zero-order valence-electron chi connectivity index (χ0n) is 9.62. The summed E-state index contributed by atoms with van der Waals surface area (Å²) in [5.74, 6) is 0.745. The Morgan fingerprint density at radius 1 is 1.56 bits per heavy atom. The standard InChI is InChI=1S/C12H18ClN3/c1-16-6-2-3-10(9-16)7-14-11-4-5-12(13)15-8-11/h4-5,8,10,14H,2-3,6-7,9H2,1H3. The van der Waals surface area contributed by atoms with Crippen molar-refractivity contribution in [3.8, 4) is 0 Å². The summed E-state index contributed by atoms with van der Waals surface area (Å²) in [7, 11) is 2.19. The van der Waals surface area contributed by atoms with E-state index in [9.17, 15) is 0 Å². The van der Waals surface area contributed by atoms with Crippen molar-refractivity contribution in [3.05, 3.63) is 23.5 Å². The molecule has 1 aromatic rings. The molecular formula is C12H18ClN3. The van der Waals surface area contributed by atoms with Crippen LogP contribution < -0.4 is 5.32 Å². The summed E-state index contributed by atoms with van der Waals surface area (Å²) in [4.78, 5) is 6.45. The van der Waals surface area contributed by atoms with Gasteiger partial charge in [0.1, 0.15) is 5.15 Å². The highest BCUT2D eigenvalue weighted by Crippen LogP contribution is 2.16. The molecule has 0 aliphatic carbocycles. The number of pyridine rings is 1. The number of nitrogens with zero attached hydrogens (tertiary/aromatic N) is 2. The van der Waals surface area contributed by atoms with E-state index >= 15 is 0 Å². The van der Waals surface area contributed by atoms with Gasteiger partial charge in [-0.25, -0.2) is 4.98 Å². The molecule has 0 amide bonds. The predicted molar refractivity (Wildman–Crippen MR) is 68.0 cm³/mol. The quantitative estimate of drug-likeness (QED) is 0.822.